The van der Waals surface area contributed by atoms with Crippen molar-refractivity contribution in [2.45, 2.75) is 17.9 Å². The zero-order chi connectivity index (χ0) is 7.24. The Balaban J connectivity index is 2.05. The normalized spacial score (nSPS) is 34.2. The predicted molar refractivity (Wildman–Crippen MR) is 29.9 cm³/mol. The minimum atomic E-state index is -2.56. The summed E-state index contributed by atoms with van der Waals surface area (Å²) in [6.07, 6.45) is -0.0729. The van der Waals surface area contributed by atoms with Crippen LogP contribution in [0.1, 0.15) is 6.42 Å². The van der Waals surface area contributed by atoms with E-state index in [-0.39, 0.29) is 13.0 Å². The van der Waals surface area contributed by atoms with Crippen molar-refractivity contribution in [2.75, 3.05) is 19.7 Å². The summed E-state index contributed by atoms with van der Waals surface area (Å²) in [4.78, 5) is 0. The van der Waals surface area contributed by atoms with Gasteiger partial charge >= 0.3 is 0 Å². The summed E-state index contributed by atoms with van der Waals surface area (Å²) in [7, 11) is 0. The standard InChI is InChI=1S/C6H9F2NO/c7-6(8)1-5(10-4-6)2-9-3-5/h9H,1-4H2/p+1. The average Bonchev–Trinajstić information content (AvgIpc) is 2.04. The monoisotopic (exact) mass is 150 g/mol. The molecule has 2 N–H and O–H groups in total. The van der Waals surface area contributed by atoms with Gasteiger partial charge in [-0.1, -0.05) is 0 Å². The number of hydrogen-bond donors (Lipinski definition) is 1. The molecule has 0 aliphatic carbocycles. The second kappa shape index (κ2) is 1.68. The Morgan fingerprint density at radius 3 is 2.20 bits per heavy atom. The smallest absolute Gasteiger partial charge is 0.274 e. The molecule has 0 saturated carbocycles. The van der Waals surface area contributed by atoms with Gasteiger partial charge in [0.05, 0.1) is 6.42 Å². The third kappa shape index (κ3) is 0.828. The van der Waals surface area contributed by atoms with Crippen LogP contribution in [0.5, 0.6) is 0 Å². The van der Waals surface area contributed by atoms with E-state index in [1.165, 1.54) is 0 Å². The molecule has 1 spiro atoms. The molecule has 0 aromatic carbocycles. The first-order chi connectivity index (χ1) is 4.62. The number of quaternary nitrogens is 1. The SMILES string of the molecule is FC1(F)COC2(C[NH2+]C2)C1. The first kappa shape index (κ1) is 6.49. The Labute approximate surface area is 57.5 Å². The van der Waals surface area contributed by atoms with Crippen molar-refractivity contribution < 1.29 is 18.8 Å². The summed E-state index contributed by atoms with van der Waals surface area (Å²) >= 11 is 0. The Morgan fingerprint density at radius 2 is 2.00 bits per heavy atom. The summed E-state index contributed by atoms with van der Waals surface area (Å²) < 4.78 is 30.1. The van der Waals surface area contributed by atoms with E-state index in [4.69, 9.17) is 4.74 Å². The van der Waals surface area contributed by atoms with Crippen LogP contribution < -0.4 is 5.32 Å². The molecule has 0 radical (unpaired) electrons. The minimum absolute atomic E-state index is 0.0729. The molecule has 58 valence electrons. The van der Waals surface area contributed by atoms with Gasteiger partial charge < -0.3 is 10.1 Å². The van der Waals surface area contributed by atoms with Gasteiger partial charge in [0.1, 0.15) is 19.7 Å². The molecule has 2 fully saturated rings. The molecule has 0 aromatic rings. The Hall–Kier alpha value is -0.220. The molecule has 0 aromatic heterocycles. The van der Waals surface area contributed by atoms with Gasteiger partial charge in [0.2, 0.25) is 0 Å². The van der Waals surface area contributed by atoms with Crippen molar-refractivity contribution in [2.24, 2.45) is 0 Å². The van der Waals surface area contributed by atoms with Crippen LogP contribution in [0.25, 0.3) is 0 Å². The van der Waals surface area contributed by atoms with E-state index in [1.807, 2.05) is 5.32 Å². The lowest BCUT2D eigenvalue weighted by molar-refractivity contribution is -0.741. The van der Waals surface area contributed by atoms with Gasteiger partial charge in [-0.2, -0.15) is 0 Å². The lowest BCUT2D eigenvalue weighted by atomic mass is 9.92. The number of alkyl halides is 2. The van der Waals surface area contributed by atoms with Crippen molar-refractivity contribution in [3.05, 3.63) is 0 Å². The van der Waals surface area contributed by atoms with E-state index in [2.05, 4.69) is 0 Å². The van der Waals surface area contributed by atoms with E-state index in [0.29, 0.717) is 13.1 Å². The molecule has 2 aliphatic rings. The largest absolute Gasteiger partial charge is 0.357 e. The van der Waals surface area contributed by atoms with Gasteiger partial charge in [-0.15, -0.1) is 0 Å². The topological polar surface area (TPSA) is 25.8 Å². The zero-order valence-electron chi connectivity index (χ0n) is 5.57. The van der Waals surface area contributed by atoms with E-state index in [0.717, 1.165) is 0 Å². The van der Waals surface area contributed by atoms with Gasteiger partial charge in [-0.05, 0) is 0 Å². The lowest BCUT2D eigenvalue weighted by Gasteiger charge is -2.32. The molecule has 0 amide bonds. The summed E-state index contributed by atoms with van der Waals surface area (Å²) in [6.45, 7) is 1.05. The second-order valence-electron chi connectivity index (χ2n) is 3.20. The van der Waals surface area contributed by atoms with Gasteiger partial charge in [-0.25, -0.2) is 8.78 Å². The average molecular weight is 150 g/mol. The summed E-state index contributed by atoms with van der Waals surface area (Å²) in [5.74, 6) is -2.56. The van der Waals surface area contributed by atoms with Crippen LogP contribution >= 0.6 is 0 Å². The highest BCUT2D eigenvalue weighted by Crippen LogP contribution is 2.36. The van der Waals surface area contributed by atoms with Gasteiger partial charge in [0.25, 0.3) is 5.92 Å². The highest BCUT2D eigenvalue weighted by molar-refractivity contribution is 4.95. The van der Waals surface area contributed by atoms with Gasteiger partial charge in [0.15, 0.2) is 5.60 Å². The molecule has 2 saturated heterocycles. The Bertz CT molecular complexity index is 156. The van der Waals surface area contributed by atoms with E-state index >= 15 is 0 Å². The van der Waals surface area contributed by atoms with Gasteiger partial charge in [-0.3, -0.25) is 0 Å². The highest BCUT2D eigenvalue weighted by Gasteiger charge is 2.57. The van der Waals surface area contributed by atoms with E-state index in [9.17, 15) is 8.78 Å². The van der Waals surface area contributed by atoms with Crippen molar-refractivity contribution in [1.82, 2.24) is 0 Å². The van der Waals surface area contributed by atoms with E-state index < -0.39 is 11.5 Å². The molecule has 2 rings (SSSR count). The van der Waals surface area contributed by atoms with Crippen LogP contribution in [0.3, 0.4) is 0 Å². The number of nitrogens with two attached hydrogens (primary N) is 1. The lowest BCUT2D eigenvalue weighted by Crippen LogP contribution is -3.02. The van der Waals surface area contributed by atoms with Crippen molar-refractivity contribution >= 4 is 0 Å². The van der Waals surface area contributed by atoms with Crippen LogP contribution in [0, 0.1) is 0 Å². The summed E-state index contributed by atoms with van der Waals surface area (Å²) in [5.41, 5.74) is -0.455. The molecular weight excluding hydrogens is 140 g/mol. The zero-order valence-corrected chi connectivity index (χ0v) is 5.57. The van der Waals surface area contributed by atoms with Crippen LogP contribution in [0.4, 0.5) is 8.78 Å². The fraction of sp³-hybridized carbons (Fsp3) is 1.00. The second-order valence-corrected chi connectivity index (χ2v) is 3.20. The quantitative estimate of drug-likeness (QED) is 0.488. The van der Waals surface area contributed by atoms with Crippen LogP contribution in [-0.4, -0.2) is 31.2 Å². The molecule has 2 aliphatic heterocycles. The number of rotatable bonds is 0. The summed E-state index contributed by atoms with van der Waals surface area (Å²) in [6, 6.07) is 0. The number of ether oxygens (including phenoxy) is 1. The minimum Gasteiger partial charge on any atom is -0.357 e. The van der Waals surface area contributed by atoms with Crippen molar-refractivity contribution in [1.29, 1.82) is 0 Å². The molecule has 4 heteroatoms. The molecular formula is C6H10F2NO+. The first-order valence-corrected chi connectivity index (χ1v) is 3.46. The Morgan fingerprint density at radius 1 is 1.30 bits per heavy atom. The van der Waals surface area contributed by atoms with Crippen molar-refractivity contribution in [3.8, 4) is 0 Å². The van der Waals surface area contributed by atoms with Gasteiger partial charge in [0, 0.05) is 0 Å². The maximum Gasteiger partial charge on any atom is 0.274 e. The number of hydrogen-bond acceptors (Lipinski definition) is 1. The van der Waals surface area contributed by atoms with Crippen LogP contribution in [0.2, 0.25) is 0 Å². The summed E-state index contributed by atoms with van der Waals surface area (Å²) in [5, 5.41) is 1.99. The van der Waals surface area contributed by atoms with Crippen LogP contribution in [-0.2, 0) is 4.74 Å². The van der Waals surface area contributed by atoms with Crippen LogP contribution in [0.15, 0.2) is 0 Å². The molecule has 2 nitrogen and oxygen atoms in total. The van der Waals surface area contributed by atoms with Crippen molar-refractivity contribution in [3.63, 3.8) is 0 Å². The number of halogens is 2. The fourth-order valence-electron chi connectivity index (χ4n) is 1.56. The third-order valence-electron chi connectivity index (χ3n) is 2.20. The molecule has 2 heterocycles. The first-order valence-electron chi connectivity index (χ1n) is 3.46. The van der Waals surface area contributed by atoms with E-state index in [1.54, 1.807) is 0 Å². The molecule has 0 atom stereocenters. The highest BCUT2D eigenvalue weighted by atomic mass is 19.3. The predicted octanol–water partition coefficient (Wildman–Crippen LogP) is -0.642. The molecule has 0 bridgehead atoms. The molecule has 10 heavy (non-hydrogen) atoms. The maximum absolute atomic E-state index is 12.5. The third-order valence-corrected chi connectivity index (χ3v) is 2.20. The maximum atomic E-state index is 12.5. The Kier molecular flexibility index (Phi) is 1.09. The molecule has 0 unspecified atom stereocenters. The fourth-order valence-corrected chi connectivity index (χ4v) is 1.56.